The first-order valence-electron chi connectivity index (χ1n) is 8.69. The molecule has 2 fully saturated rings. The maximum atomic E-state index is 4.75. The molecule has 1 aromatic rings. The number of nitrogens with zero attached hydrogens (tertiary/aromatic N) is 3. The van der Waals surface area contributed by atoms with Crippen LogP contribution < -0.4 is 4.90 Å². The van der Waals surface area contributed by atoms with Crippen LogP contribution in [0.25, 0.3) is 0 Å². The van der Waals surface area contributed by atoms with Crippen molar-refractivity contribution in [3.63, 3.8) is 0 Å². The Kier molecular flexibility index (Phi) is 4.79. The molecule has 116 valence electrons. The van der Waals surface area contributed by atoms with Crippen LogP contribution in [0.15, 0.2) is 18.3 Å². The SMILES string of the molecule is CC(C)CN1CCCC[C@@H]1c1cccnc1N1CCCC1. The van der Waals surface area contributed by atoms with E-state index in [2.05, 4.69) is 35.8 Å². The molecule has 2 aliphatic rings. The zero-order valence-corrected chi connectivity index (χ0v) is 13.6. The summed E-state index contributed by atoms with van der Waals surface area (Å²) in [5.74, 6) is 1.99. The molecule has 0 saturated carbocycles. The highest BCUT2D eigenvalue weighted by molar-refractivity contribution is 5.49. The second kappa shape index (κ2) is 6.78. The predicted molar refractivity (Wildman–Crippen MR) is 88.7 cm³/mol. The molecule has 3 heterocycles. The molecule has 3 heteroatoms. The van der Waals surface area contributed by atoms with Crippen molar-refractivity contribution in [1.82, 2.24) is 9.88 Å². The summed E-state index contributed by atoms with van der Waals surface area (Å²) in [6.45, 7) is 9.48. The fraction of sp³-hybridized carbons (Fsp3) is 0.722. The van der Waals surface area contributed by atoms with E-state index in [0.29, 0.717) is 6.04 Å². The zero-order chi connectivity index (χ0) is 14.7. The Morgan fingerprint density at radius 1 is 1.14 bits per heavy atom. The molecule has 0 bridgehead atoms. The van der Waals surface area contributed by atoms with Crippen LogP contribution in [0.2, 0.25) is 0 Å². The minimum Gasteiger partial charge on any atom is -0.356 e. The Morgan fingerprint density at radius 3 is 2.67 bits per heavy atom. The first-order valence-corrected chi connectivity index (χ1v) is 8.69. The predicted octanol–water partition coefficient (Wildman–Crippen LogP) is 3.86. The lowest BCUT2D eigenvalue weighted by Crippen LogP contribution is -2.37. The average Bonchev–Trinajstić information content (AvgIpc) is 3.01. The number of aromatic nitrogens is 1. The monoisotopic (exact) mass is 287 g/mol. The number of rotatable bonds is 4. The van der Waals surface area contributed by atoms with E-state index in [1.54, 1.807) is 0 Å². The molecule has 1 aromatic heterocycles. The van der Waals surface area contributed by atoms with Gasteiger partial charge in [-0.2, -0.15) is 0 Å². The van der Waals surface area contributed by atoms with E-state index in [0.717, 1.165) is 5.92 Å². The summed E-state index contributed by atoms with van der Waals surface area (Å²) >= 11 is 0. The lowest BCUT2D eigenvalue weighted by atomic mass is 9.94. The first-order chi connectivity index (χ1) is 10.3. The van der Waals surface area contributed by atoms with Gasteiger partial charge in [-0.05, 0) is 44.2 Å². The molecule has 3 rings (SSSR count). The molecule has 0 unspecified atom stereocenters. The number of hydrogen-bond acceptors (Lipinski definition) is 3. The van der Waals surface area contributed by atoms with Crippen LogP contribution >= 0.6 is 0 Å². The Morgan fingerprint density at radius 2 is 1.90 bits per heavy atom. The van der Waals surface area contributed by atoms with E-state index in [1.807, 2.05) is 6.20 Å². The topological polar surface area (TPSA) is 19.4 Å². The molecule has 0 aliphatic carbocycles. The zero-order valence-electron chi connectivity index (χ0n) is 13.6. The van der Waals surface area contributed by atoms with Gasteiger partial charge in [0.15, 0.2) is 0 Å². The van der Waals surface area contributed by atoms with Crippen molar-refractivity contribution in [2.75, 3.05) is 31.1 Å². The highest BCUT2D eigenvalue weighted by Crippen LogP contribution is 2.36. The molecule has 0 spiro atoms. The third kappa shape index (κ3) is 3.39. The summed E-state index contributed by atoms with van der Waals surface area (Å²) in [7, 11) is 0. The van der Waals surface area contributed by atoms with Crippen LogP contribution in [0.3, 0.4) is 0 Å². The Balaban J connectivity index is 1.86. The van der Waals surface area contributed by atoms with Crippen LogP contribution in [-0.4, -0.2) is 36.1 Å². The normalized spacial score (nSPS) is 24.0. The number of pyridine rings is 1. The average molecular weight is 287 g/mol. The molecule has 2 aliphatic heterocycles. The third-order valence-corrected chi connectivity index (χ3v) is 4.79. The van der Waals surface area contributed by atoms with Gasteiger partial charge in [0.1, 0.15) is 5.82 Å². The number of hydrogen-bond donors (Lipinski definition) is 0. The van der Waals surface area contributed by atoms with Crippen molar-refractivity contribution in [2.45, 2.75) is 52.0 Å². The highest BCUT2D eigenvalue weighted by Gasteiger charge is 2.28. The summed E-state index contributed by atoms with van der Waals surface area (Å²) in [5, 5.41) is 0. The van der Waals surface area contributed by atoms with E-state index >= 15 is 0 Å². The first kappa shape index (κ1) is 14.8. The molecule has 3 nitrogen and oxygen atoms in total. The van der Waals surface area contributed by atoms with Crippen LogP contribution in [0.4, 0.5) is 5.82 Å². The fourth-order valence-corrected chi connectivity index (χ4v) is 3.89. The van der Waals surface area contributed by atoms with Gasteiger partial charge in [0.05, 0.1) is 0 Å². The van der Waals surface area contributed by atoms with Crippen LogP contribution in [0.5, 0.6) is 0 Å². The molecular weight excluding hydrogens is 258 g/mol. The minimum absolute atomic E-state index is 0.574. The van der Waals surface area contributed by atoms with Gasteiger partial charge in [0, 0.05) is 37.4 Å². The van der Waals surface area contributed by atoms with E-state index in [-0.39, 0.29) is 0 Å². The number of piperidine rings is 1. The number of likely N-dealkylation sites (tertiary alicyclic amines) is 1. The molecule has 2 saturated heterocycles. The van der Waals surface area contributed by atoms with E-state index < -0.39 is 0 Å². The summed E-state index contributed by atoms with van der Waals surface area (Å²) in [6.07, 6.45) is 8.59. The van der Waals surface area contributed by atoms with E-state index in [9.17, 15) is 0 Å². The maximum Gasteiger partial charge on any atom is 0.133 e. The van der Waals surface area contributed by atoms with Gasteiger partial charge in [-0.15, -0.1) is 0 Å². The summed E-state index contributed by atoms with van der Waals surface area (Å²) in [5.41, 5.74) is 1.47. The molecule has 21 heavy (non-hydrogen) atoms. The van der Waals surface area contributed by atoms with Crippen LogP contribution in [-0.2, 0) is 0 Å². The van der Waals surface area contributed by atoms with Crippen LogP contribution in [0.1, 0.15) is 57.6 Å². The van der Waals surface area contributed by atoms with Crippen molar-refractivity contribution in [1.29, 1.82) is 0 Å². The van der Waals surface area contributed by atoms with Gasteiger partial charge in [-0.3, -0.25) is 4.90 Å². The van der Waals surface area contributed by atoms with Gasteiger partial charge in [0.25, 0.3) is 0 Å². The molecule has 0 radical (unpaired) electrons. The Hall–Kier alpha value is -1.09. The van der Waals surface area contributed by atoms with Crippen molar-refractivity contribution in [3.05, 3.63) is 23.9 Å². The van der Waals surface area contributed by atoms with Gasteiger partial charge < -0.3 is 4.90 Å². The van der Waals surface area contributed by atoms with Crippen LogP contribution in [0, 0.1) is 5.92 Å². The number of anilines is 1. The second-order valence-corrected chi connectivity index (χ2v) is 7.01. The lowest BCUT2D eigenvalue weighted by molar-refractivity contribution is 0.132. The van der Waals surface area contributed by atoms with E-state index in [1.165, 1.54) is 69.7 Å². The largest absolute Gasteiger partial charge is 0.356 e. The molecule has 1 atom stereocenters. The van der Waals surface area contributed by atoms with Crippen molar-refractivity contribution < 1.29 is 0 Å². The molecule has 0 aromatic carbocycles. The van der Waals surface area contributed by atoms with Gasteiger partial charge >= 0.3 is 0 Å². The van der Waals surface area contributed by atoms with Gasteiger partial charge in [0.2, 0.25) is 0 Å². The summed E-state index contributed by atoms with van der Waals surface area (Å²) in [6, 6.07) is 5.02. The second-order valence-electron chi connectivity index (χ2n) is 7.01. The van der Waals surface area contributed by atoms with Crippen molar-refractivity contribution in [3.8, 4) is 0 Å². The highest BCUT2D eigenvalue weighted by atomic mass is 15.2. The standard InChI is InChI=1S/C18H29N3/c1-15(2)14-21-13-4-3-9-17(21)16-8-7-10-19-18(16)20-11-5-6-12-20/h7-8,10,15,17H,3-6,9,11-14H2,1-2H3/t17-/m1/s1. The summed E-state index contributed by atoms with van der Waals surface area (Å²) in [4.78, 5) is 9.95. The smallest absolute Gasteiger partial charge is 0.133 e. The Bertz CT molecular complexity index is 452. The van der Waals surface area contributed by atoms with Gasteiger partial charge in [-0.1, -0.05) is 26.3 Å². The quantitative estimate of drug-likeness (QED) is 0.838. The summed E-state index contributed by atoms with van der Waals surface area (Å²) < 4.78 is 0. The third-order valence-electron chi connectivity index (χ3n) is 4.79. The molecular formula is C18H29N3. The maximum absolute atomic E-state index is 4.75. The van der Waals surface area contributed by atoms with Gasteiger partial charge in [-0.25, -0.2) is 4.98 Å². The lowest BCUT2D eigenvalue weighted by Gasteiger charge is -2.38. The molecule has 0 N–H and O–H groups in total. The molecule has 0 amide bonds. The van der Waals surface area contributed by atoms with E-state index in [4.69, 9.17) is 4.98 Å². The van der Waals surface area contributed by atoms with Crippen molar-refractivity contribution in [2.24, 2.45) is 5.92 Å². The minimum atomic E-state index is 0.574. The Labute approximate surface area is 129 Å². The fourth-order valence-electron chi connectivity index (χ4n) is 3.89. The van der Waals surface area contributed by atoms with Crippen molar-refractivity contribution >= 4 is 5.82 Å².